The number of halogens is 3. The summed E-state index contributed by atoms with van der Waals surface area (Å²) in [5.41, 5.74) is 3.64. The topological polar surface area (TPSA) is 224 Å². The van der Waals surface area contributed by atoms with Crippen molar-refractivity contribution < 1.29 is 51.8 Å². The van der Waals surface area contributed by atoms with Gasteiger partial charge in [0.2, 0.25) is 0 Å². The summed E-state index contributed by atoms with van der Waals surface area (Å²) in [6.45, 7) is -1.29. The van der Waals surface area contributed by atoms with Crippen molar-refractivity contribution in [3.05, 3.63) is 99.6 Å². The fraction of sp³-hybridized carbons (Fsp3) is 0.0800. The largest absolute Gasteiger partial charge is 0.491 e. The minimum Gasteiger partial charge on any atom is -0.491 e. The second-order valence-corrected chi connectivity index (χ2v) is 13.3. The molecule has 2 aromatic carbocycles. The minimum absolute atomic E-state index is 0.00816. The molecule has 14 nitrogen and oxygen atoms in total. The standard InChI is InChI=1S/C25H21ClF2N4O10P2/c26-22-19(7-9-30-23(22)29)42-17-6-3-14(11-16(17)28)31-24(33)21-18(41-12-20(43(35,36)37)44(38,39)40)8-10-32(25(21)34)15-4-1-13(27)2-5-15/h1-11,20H,12H2,(H2,29,30)(H,31,33)(H2,35,36,37)(H2,38,39,40). The molecule has 0 aliphatic rings. The number of ether oxygens (including phenoxy) is 2. The number of aromatic nitrogens is 2. The van der Waals surface area contributed by atoms with Crippen LogP contribution < -0.4 is 26.1 Å². The van der Waals surface area contributed by atoms with Crippen LogP contribution in [0.2, 0.25) is 5.02 Å². The smallest absolute Gasteiger partial charge is 0.344 e. The first-order valence-corrected chi connectivity index (χ1v) is 15.7. The van der Waals surface area contributed by atoms with Crippen molar-refractivity contribution in [1.29, 1.82) is 0 Å². The molecule has 19 heteroatoms. The highest BCUT2D eigenvalue weighted by molar-refractivity contribution is 7.70. The van der Waals surface area contributed by atoms with Crippen molar-refractivity contribution in [2.24, 2.45) is 0 Å². The van der Waals surface area contributed by atoms with Crippen molar-refractivity contribution in [1.82, 2.24) is 9.55 Å². The van der Waals surface area contributed by atoms with E-state index in [-0.39, 0.29) is 33.7 Å². The number of carbonyl (C=O) groups excluding carboxylic acids is 1. The van der Waals surface area contributed by atoms with Crippen LogP contribution in [0.3, 0.4) is 0 Å². The van der Waals surface area contributed by atoms with Crippen molar-refractivity contribution in [3.8, 4) is 22.9 Å². The fourth-order valence-corrected chi connectivity index (χ4v) is 5.96. The number of rotatable bonds is 10. The van der Waals surface area contributed by atoms with E-state index < -0.39 is 61.6 Å². The van der Waals surface area contributed by atoms with E-state index in [0.717, 1.165) is 41.1 Å². The molecule has 4 aromatic rings. The van der Waals surface area contributed by atoms with Gasteiger partial charge < -0.3 is 40.1 Å². The molecular weight excluding hydrogens is 652 g/mol. The first kappa shape index (κ1) is 32.8. The summed E-state index contributed by atoms with van der Waals surface area (Å²) in [6.07, 6.45) is 2.36. The fourth-order valence-electron chi connectivity index (χ4n) is 3.70. The Hall–Kier alpha value is -4.14. The Morgan fingerprint density at radius 3 is 2.27 bits per heavy atom. The molecule has 2 heterocycles. The third-order valence-corrected chi connectivity index (χ3v) is 9.88. The molecule has 1 amide bonds. The molecular formula is C25H21ClF2N4O10P2. The number of amides is 1. The number of pyridine rings is 2. The average Bonchev–Trinajstić information content (AvgIpc) is 2.92. The lowest BCUT2D eigenvalue weighted by Gasteiger charge is -2.21. The number of hydrogen-bond acceptors (Lipinski definition) is 8. The maximum absolute atomic E-state index is 14.9. The lowest BCUT2D eigenvalue weighted by Crippen LogP contribution is -2.30. The number of anilines is 2. The zero-order valence-electron chi connectivity index (χ0n) is 21.9. The van der Waals surface area contributed by atoms with E-state index in [9.17, 15) is 47.1 Å². The molecule has 0 saturated carbocycles. The highest BCUT2D eigenvalue weighted by atomic mass is 35.5. The highest BCUT2D eigenvalue weighted by Crippen LogP contribution is 2.59. The predicted octanol–water partition coefficient (Wildman–Crippen LogP) is 3.85. The molecule has 0 fully saturated rings. The zero-order chi connectivity index (χ0) is 32.4. The van der Waals surface area contributed by atoms with Crippen LogP contribution in [0.1, 0.15) is 10.4 Å². The first-order valence-electron chi connectivity index (χ1n) is 12.0. The van der Waals surface area contributed by atoms with Gasteiger partial charge in [0.05, 0.1) is 0 Å². The number of nitrogens with two attached hydrogens (primary N) is 1. The van der Waals surface area contributed by atoms with Crippen molar-refractivity contribution >= 4 is 44.2 Å². The third-order valence-electron chi connectivity index (χ3n) is 5.84. The van der Waals surface area contributed by atoms with Gasteiger partial charge in [0.15, 0.2) is 22.7 Å². The van der Waals surface area contributed by atoms with Gasteiger partial charge in [0.1, 0.15) is 34.6 Å². The SMILES string of the molecule is Nc1nccc(Oc2ccc(NC(=O)c3c(OCC(P(=O)(O)O)P(=O)(O)O)ccn(-c4ccc(F)cc4)c3=O)cc2F)c1Cl. The molecule has 0 saturated heterocycles. The number of nitrogens with zero attached hydrogens (tertiary/aromatic N) is 2. The van der Waals surface area contributed by atoms with E-state index in [1.165, 1.54) is 30.5 Å². The van der Waals surface area contributed by atoms with Gasteiger partial charge >= 0.3 is 15.2 Å². The Morgan fingerprint density at radius 2 is 1.66 bits per heavy atom. The minimum atomic E-state index is -5.42. The average molecular weight is 673 g/mol. The molecule has 0 bridgehead atoms. The van der Waals surface area contributed by atoms with E-state index >= 15 is 0 Å². The normalized spacial score (nSPS) is 11.8. The van der Waals surface area contributed by atoms with Gasteiger partial charge in [-0.2, -0.15) is 0 Å². The van der Waals surface area contributed by atoms with Crippen molar-refractivity contribution in [2.45, 2.75) is 5.40 Å². The van der Waals surface area contributed by atoms with Crippen LogP contribution in [0, 0.1) is 11.6 Å². The molecule has 2 aromatic heterocycles. The summed E-state index contributed by atoms with van der Waals surface area (Å²) in [4.78, 5) is 68.1. The van der Waals surface area contributed by atoms with Crippen LogP contribution in [0.25, 0.3) is 5.69 Å². The molecule has 0 aliphatic heterocycles. The molecule has 0 radical (unpaired) electrons. The Labute approximate surface area is 251 Å². The van der Waals surface area contributed by atoms with Crippen molar-refractivity contribution in [3.63, 3.8) is 0 Å². The number of nitrogen functional groups attached to an aromatic ring is 1. The van der Waals surface area contributed by atoms with Crippen LogP contribution in [0.4, 0.5) is 20.3 Å². The Morgan fingerprint density at radius 1 is 1.00 bits per heavy atom. The number of carbonyl (C=O) groups is 1. The molecule has 0 atom stereocenters. The molecule has 44 heavy (non-hydrogen) atoms. The van der Waals surface area contributed by atoms with Gasteiger partial charge in [-0.25, -0.2) is 13.8 Å². The zero-order valence-corrected chi connectivity index (χ0v) is 24.4. The summed E-state index contributed by atoms with van der Waals surface area (Å²) in [5.74, 6) is -3.82. The monoisotopic (exact) mass is 672 g/mol. The molecule has 0 spiro atoms. The second kappa shape index (κ2) is 12.8. The van der Waals surface area contributed by atoms with Gasteiger partial charge in [-0.3, -0.25) is 23.3 Å². The molecule has 7 N–H and O–H groups in total. The van der Waals surface area contributed by atoms with E-state index in [0.29, 0.717) is 0 Å². The lowest BCUT2D eigenvalue weighted by molar-refractivity contribution is 0.102. The van der Waals surface area contributed by atoms with E-state index in [1.807, 2.05) is 0 Å². The molecule has 0 unspecified atom stereocenters. The quantitative estimate of drug-likeness (QED) is 0.132. The van der Waals surface area contributed by atoms with Crippen molar-refractivity contribution in [2.75, 3.05) is 17.7 Å². The van der Waals surface area contributed by atoms with E-state index in [1.54, 1.807) is 0 Å². The third kappa shape index (κ3) is 7.49. The Bertz CT molecular complexity index is 1860. The summed E-state index contributed by atoms with van der Waals surface area (Å²) in [7, 11) is -10.8. The number of benzene rings is 2. The first-order chi connectivity index (χ1) is 20.6. The van der Waals surface area contributed by atoms with Crippen LogP contribution in [-0.4, -0.2) is 47.0 Å². The van der Waals surface area contributed by atoms with Gasteiger partial charge in [0, 0.05) is 35.9 Å². The van der Waals surface area contributed by atoms with Gasteiger partial charge in [0.25, 0.3) is 11.5 Å². The summed E-state index contributed by atoms with van der Waals surface area (Å²) in [6, 6.07) is 10.0. The summed E-state index contributed by atoms with van der Waals surface area (Å²) < 4.78 is 63.2. The van der Waals surface area contributed by atoms with Gasteiger partial charge in [-0.15, -0.1) is 0 Å². The van der Waals surface area contributed by atoms with Gasteiger partial charge in [-0.05, 0) is 42.5 Å². The van der Waals surface area contributed by atoms with E-state index in [2.05, 4.69) is 10.3 Å². The van der Waals surface area contributed by atoms with Crippen LogP contribution in [0.5, 0.6) is 17.2 Å². The van der Waals surface area contributed by atoms with Crippen LogP contribution >= 0.6 is 26.8 Å². The summed E-state index contributed by atoms with van der Waals surface area (Å²) >= 11 is 6.01. The maximum Gasteiger partial charge on any atom is 0.344 e. The number of nitrogens with one attached hydrogen (secondary N) is 1. The van der Waals surface area contributed by atoms with Crippen LogP contribution in [-0.2, 0) is 9.13 Å². The highest BCUT2D eigenvalue weighted by Gasteiger charge is 2.44. The summed E-state index contributed by atoms with van der Waals surface area (Å²) in [5, 5.41) is -0.409. The predicted molar refractivity (Wildman–Crippen MR) is 153 cm³/mol. The van der Waals surface area contributed by atoms with Crippen LogP contribution in [0.15, 0.2) is 71.8 Å². The maximum atomic E-state index is 14.9. The molecule has 0 aliphatic carbocycles. The van der Waals surface area contributed by atoms with Gasteiger partial charge in [-0.1, -0.05) is 11.6 Å². The van der Waals surface area contributed by atoms with E-state index in [4.69, 9.17) is 26.8 Å². The Kier molecular flexibility index (Phi) is 9.56. The number of hydrogen-bond donors (Lipinski definition) is 6. The Balaban J connectivity index is 1.69. The lowest BCUT2D eigenvalue weighted by atomic mass is 10.2. The molecule has 4 rings (SSSR count). The molecule has 232 valence electrons. The second-order valence-electron chi connectivity index (χ2n) is 8.89.